The lowest BCUT2D eigenvalue weighted by molar-refractivity contribution is -0.0458. The minimum Gasteiger partial charge on any atom is -0.487 e. The number of rotatable bonds is 23. The Morgan fingerprint density at radius 2 is 1.55 bits per heavy atom. The summed E-state index contributed by atoms with van der Waals surface area (Å²) in [7, 11) is 1.65. The number of aromatic nitrogens is 8. The SMILES string of the molecule is COCCOCCOCCOCCCOc1nn([C@H]2CC[C@H](N3[C@@H]4CC[C@H]3COC4)CC2)cc1Nc1ncc(-c2ccc(C#N)c(O[C@@H](C)Cn3cnnn3)c2)cn1. The van der Waals surface area contributed by atoms with Crippen molar-refractivity contribution in [2.75, 3.05) is 78.5 Å². The Morgan fingerprint density at radius 3 is 2.24 bits per heavy atom. The summed E-state index contributed by atoms with van der Waals surface area (Å²) in [6.07, 6.45) is 14.3. The van der Waals surface area contributed by atoms with Gasteiger partial charge in [-0.05, 0) is 73.6 Å². The molecule has 4 aromatic rings. The Balaban J connectivity index is 0.956. The molecule has 2 saturated heterocycles. The zero-order chi connectivity index (χ0) is 39.9. The smallest absolute Gasteiger partial charge is 0.256 e. The van der Waals surface area contributed by atoms with Gasteiger partial charge in [-0.2, -0.15) is 5.26 Å². The lowest BCUT2D eigenvalue weighted by Gasteiger charge is -2.43. The van der Waals surface area contributed by atoms with Crippen molar-refractivity contribution in [3.05, 3.63) is 48.7 Å². The number of methoxy groups -OCH3 is 1. The number of nitrogens with zero attached hydrogens (tertiary/aromatic N) is 10. The fourth-order valence-corrected chi connectivity index (χ4v) is 7.98. The van der Waals surface area contributed by atoms with Crippen LogP contribution in [-0.2, 0) is 30.2 Å². The molecule has 2 bridgehead atoms. The second-order valence-electron chi connectivity index (χ2n) is 14.9. The Bertz CT molecular complexity index is 1850. The van der Waals surface area contributed by atoms with E-state index in [0.717, 1.165) is 50.0 Å². The van der Waals surface area contributed by atoms with Gasteiger partial charge >= 0.3 is 0 Å². The van der Waals surface area contributed by atoms with Crippen molar-refractivity contribution in [3.8, 4) is 28.8 Å². The number of nitriles is 1. The maximum atomic E-state index is 9.73. The van der Waals surface area contributed by atoms with Crippen molar-refractivity contribution < 1.29 is 33.2 Å². The van der Waals surface area contributed by atoms with Gasteiger partial charge in [-0.15, -0.1) is 10.2 Å². The second kappa shape index (κ2) is 21.3. The zero-order valence-corrected chi connectivity index (χ0v) is 33.5. The molecular formula is C40H55N11O7. The second-order valence-corrected chi connectivity index (χ2v) is 14.9. The van der Waals surface area contributed by atoms with E-state index in [2.05, 4.69) is 46.5 Å². The highest BCUT2D eigenvalue weighted by atomic mass is 16.6. The molecule has 1 N–H and O–H groups in total. The van der Waals surface area contributed by atoms with Crippen LogP contribution in [0.15, 0.2) is 43.1 Å². The quantitative estimate of drug-likeness (QED) is 0.105. The summed E-state index contributed by atoms with van der Waals surface area (Å²) in [5.41, 5.74) is 2.71. The summed E-state index contributed by atoms with van der Waals surface area (Å²) in [6.45, 7) is 8.22. The van der Waals surface area contributed by atoms with Gasteiger partial charge in [-0.3, -0.25) is 9.58 Å². The molecule has 0 amide bonds. The normalized spacial score (nSPS) is 21.1. The number of ether oxygens (including phenoxy) is 7. The fraction of sp³-hybridized carbons (Fsp3) is 0.625. The Labute approximate surface area is 339 Å². The summed E-state index contributed by atoms with van der Waals surface area (Å²) >= 11 is 0. The highest BCUT2D eigenvalue weighted by Gasteiger charge is 2.42. The molecule has 0 radical (unpaired) electrons. The van der Waals surface area contributed by atoms with Gasteiger partial charge in [0.05, 0.1) is 83.8 Å². The summed E-state index contributed by atoms with van der Waals surface area (Å²) in [5.74, 6) is 1.37. The lowest BCUT2D eigenvalue weighted by Crippen LogP contribution is -2.52. The zero-order valence-electron chi connectivity index (χ0n) is 33.5. The van der Waals surface area contributed by atoms with Crippen LogP contribution in [0.25, 0.3) is 11.1 Å². The van der Waals surface area contributed by atoms with Crippen LogP contribution in [-0.4, -0.2) is 142 Å². The van der Waals surface area contributed by atoms with E-state index in [0.29, 0.717) is 113 Å². The average molecular weight is 802 g/mol. The molecule has 58 heavy (non-hydrogen) atoms. The largest absolute Gasteiger partial charge is 0.487 e. The first-order chi connectivity index (χ1) is 28.6. The van der Waals surface area contributed by atoms with Crippen molar-refractivity contribution in [1.29, 1.82) is 5.26 Å². The first-order valence-electron chi connectivity index (χ1n) is 20.4. The summed E-state index contributed by atoms with van der Waals surface area (Å²) in [5, 5.41) is 29.3. The molecule has 2 aliphatic heterocycles. The number of morpholine rings is 1. The Morgan fingerprint density at radius 1 is 0.862 bits per heavy atom. The highest BCUT2D eigenvalue weighted by Crippen LogP contribution is 2.39. The monoisotopic (exact) mass is 801 g/mol. The van der Waals surface area contributed by atoms with Gasteiger partial charge in [0.15, 0.2) is 0 Å². The molecule has 0 unspecified atom stereocenters. The predicted octanol–water partition coefficient (Wildman–Crippen LogP) is 4.22. The van der Waals surface area contributed by atoms with Crippen LogP contribution in [0.3, 0.4) is 0 Å². The molecule has 312 valence electrons. The van der Waals surface area contributed by atoms with Crippen LogP contribution in [0.2, 0.25) is 0 Å². The molecule has 3 atom stereocenters. The van der Waals surface area contributed by atoms with Crippen molar-refractivity contribution in [3.63, 3.8) is 0 Å². The van der Waals surface area contributed by atoms with Crippen molar-refractivity contribution in [2.45, 2.75) is 88.7 Å². The van der Waals surface area contributed by atoms with E-state index in [1.807, 2.05) is 25.3 Å². The van der Waals surface area contributed by atoms with Gasteiger partial charge in [0.2, 0.25) is 5.95 Å². The number of fused-ring (bicyclic) bond motifs is 2. The maximum Gasteiger partial charge on any atom is 0.256 e. The number of benzene rings is 1. The first kappa shape index (κ1) is 41.4. The topological polar surface area (TPSA) is 191 Å². The molecule has 1 aromatic carbocycles. The van der Waals surface area contributed by atoms with Crippen molar-refractivity contribution in [1.82, 2.24) is 44.9 Å². The molecule has 0 spiro atoms. The summed E-state index contributed by atoms with van der Waals surface area (Å²) in [6, 6.07) is 9.64. The van der Waals surface area contributed by atoms with E-state index < -0.39 is 0 Å². The number of tetrazole rings is 1. The third-order valence-electron chi connectivity index (χ3n) is 10.8. The molecule has 1 aliphatic carbocycles. The number of hydrogen-bond donors (Lipinski definition) is 1. The number of nitrogens with one attached hydrogen (secondary N) is 1. The van der Waals surface area contributed by atoms with Crippen molar-refractivity contribution in [2.24, 2.45) is 0 Å². The molecule has 18 nitrogen and oxygen atoms in total. The van der Waals surface area contributed by atoms with Gasteiger partial charge in [-0.25, -0.2) is 14.6 Å². The van der Waals surface area contributed by atoms with Gasteiger partial charge < -0.3 is 38.5 Å². The third kappa shape index (κ3) is 11.2. The Hall–Kier alpha value is -4.77. The highest BCUT2D eigenvalue weighted by molar-refractivity contribution is 5.67. The van der Waals surface area contributed by atoms with Crippen LogP contribution in [0.1, 0.15) is 63.5 Å². The van der Waals surface area contributed by atoms with Gasteiger partial charge in [0.25, 0.3) is 5.88 Å². The number of anilines is 2. The maximum absolute atomic E-state index is 9.73. The van der Waals surface area contributed by atoms with Crippen LogP contribution >= 0.6 is 0 Å². The standard InChI is InChI=1S/C40H55N11O7/c1-29(24-49-28-44-47-48-49)58-38-20-30(4-5-31(38)21-41)32-22-42-40(43-23-32)45-37-25-50(33-6-8-34(9-7-33)51-35-10-11-36(51)27-56-26-35)46-39(37)57-13-3-12-53-16-17-55-19-18-54-15-14-52-2/h4-5,20,22-23,25,28-29,33-36H,3,6-19,24,26-27H2,1-2H3,(H,42,43,45)/t29-,33-,34-,35-,36+/m0/s1. The summed E-state index contributed by atoms with van der Waals surface area (Å²) < 4.78 is 43.6. The molecular weight excluding hydrogens is 747 g/mol. The van der Waals surface area contributed by atoms with E-state index in [-0.39, 0.29) is 12.1 Å². The van der Waals surface area contributed by atoms with E-state index in [1.165, 1.54) is 19.2 Å². The third-order valence-corrected chi connectivity index (χ3v) is 10.8. The molecule has 18 heteroatoms. The van der Waals surface area contributed by atoms with Crippen LogP contribution < -0.4 is 14.8 Å². The fourth-order valence-electron chi connectivity index (χ4n) is 7.98. The minimum absolute atomic E-state index is 0.272. The first-order valence-corrected chi connectivity index (χ1v) is 20.4. The van der Waals surface area contributed by atoms with Crippen LogP contribution in [0.4, 0.5) is 11.6 Å². The molecule has 5 heterocycles. The molecule has 3 aliphatic rings. The van der Waals surface area contributed by atoms with E-state index in [9.17, 15) is 5.26 Å². The van der Waals surface area contributed by atoms with Crippen molar-refractivity contribution >= 4 is 11.6 Å². The van der Waals surface area contributed by atoms with Gasteiger partial charge in [0.1, 0.15) is 29.9 Å². The Kier molecular flexibility index (Phi) is 15.2. The molecule has 7 rings (SSSR count). The van der Waals surface area contributed by atoms with E-state index >= 15 is 0 Å². The average Bonchev–Trinajstić information content (AvgIpc) is 3.97. The lowest BCUT2D eigenvalue weighted by atomic mass is 9.89. The predicted molar refractivity (Wildman–Crippen MR) is 211 cm³/mol. The molecule has 3 aromatic heterocycles. The van der Waals surface area contributed by atoms with Crippen LogP contribution in [0.5, 0.6) is 11.6 Å². The summed E-state index contributed by atoms with van der Waals surface area (Å²) in [4.78, 5) is 12.0. The molecule has 3 fully saturated rings. The minimum atomic E-state index is -0.282. The number of hydrogen-bond acceptors (Lipinski definition) is 16. The van der Waals surface area contributed by atoms with Gasteiger partial charge in [0, 0.05) is 56.2 Å². The van der Waals surface area contributed by atoms with Crippen LogP contribution in [0, 0.1) is 11.3 Å². The van der Waals surface area contributed by atoms with E-state index in [1.54, 1.807) is 30.3 Å². The van der Waals surface area contributed by atoms with E-state index in [4.69, 9.17) is 38.3 Å². The molecule has 1 saturated carbocycles. The van der Waals surface area contributed by atoms with Gasteiger partial charge in [-0.1, -0.05) is 6.07 Å².